The van der Waals surface area contributed by atoms with Gasteiger partial charge < -0.3 is 25.5 Å². The van der Waals surface area contributed by atoms with E-state index in [2.05, 4.69) is 5.32 Å². The molecule has 4 N–H and O–H groups in total. The van der Waals surface area contributed by atoms with E-state index in [9.17, 15) is 4.79 Å². The predicted octanol–water partition coefficient (Wildman–Crippen LogP) is -1.64. The van der Waals surface area contributed by atoms with Gasteiger partial charge in [-0.25, -0.2) is 4.79 Å². The molecule has 0 saturated heterocycles. The van der Waals surface area contributed by atoms with Crippen LogP contribution < -0.4 is 5.32 Å². The minimum absolute atomic E-state index is 0.440. The molecule has 6 nitrogen and oxygen atoms in total. The summed E-state index contributed by atoms with van der Waals surface area (Å²) in [7, 11) is 1.58. The number of rotatable bonds is 5. The van der Waals surface area contributed by atoms with Crippen molar-refractivity contribution in [3.05, 3.63) is 0 Å². The molecular formula is C8H18N2O4. The van der Waals surface area contributed by atoms with Crippen LogP contribution in [0.15, 0.2) is 0 Å². The normalized spacial score (nSPS) is 11.2. The molecule has 0 aliphatic heterocycles. The van der Waals surface area contributed by atoms with E-state index in [1.807, 2.05) is 0 Å². The number of nitrogens with one attached hydrogen (secondary N) is 1. The van der Waals surface area contributed by atoms with Gasteiger partial charge in [0.05, 0.1) is 19.8 Å². The lowest BCUT2D eigenvalue weighted by atomic mass is 10.0. The molecule has 0 aliphatic carbocycles. The Kier molecular flexibility index (Phi) is 5.44. The Morgan fingerprint density at radius 3 is 2.00 bits per heavy atom. The summed E-state index contributed by atoms with van der Waals surface area (Å²) in [6.07, 6.45) is 0. The number of nitrogens with zero attached hydrogens (tertiary/aromatic N) is 1. The Hall–Kier alpha value is -0.850. The first-order valence-electron chi connectivity index (χ1n) is 4.41. The Labute approximate surface area is 83.1 Å². The summed E-state index contributed by atoms with van der Waals surface area (Å²) in [5.41, 5.74) is -1.35. The third kappa shape index (κ3) is 3.13. The molecule has 14 heavy (non-hydrogen) atoms. The van der Waals surface area contributed by atoms with Crippen molar-refractivity contribution in [2.45, 2.75) is 12.5 Å². The summed E-state index contributed by atoms with van der Waals surface area (Å²) in [6.45, 7) is 0.762. The molecule has 0 saturated carbocycles. The molecule has 6 heteroatoms. The van der Waals surface area contributed by atoms with E-state index < -0.39 is 31.4 Å². The maximum Gasteiger partial charge on any atom is 0.317 e. The summed E-state index contributed by atoms with van der Waals surface area (Å²) in [4.78, 5) is 12.7. The second kappa shape index (κ2) is 5.79. The number of hydrogen-bond acceptors (Lipinski definition) is 4. The number of hydrogen-bond donors (Lipinski definition) is 4. The largest absolute Gasteiger partial charge is 0.394 e. The summed E-state index contributed by atoms with van der Waals surface area (Å²) >= 11 is 0. The number of carbonyl (C=O) groups excluding carboxylic acids is 1. The highest BCUT2D eigenvalue weighted by Gasteiger charge is 2.30. The molecule has 0 aromatic carbocycles. The van der Waals surface area contributed by atoms with Gasteiger partial charge in [0.25, 0.3) is 0 Å². The van der Waals surface area contributed by atoms with E-state index in [1.165, 1.54) is 4.90 Å². The lowest BCUT2D eigenvalue weighted by molar-refractivity contribution is 0.0459. The number of aliphatic hydroxyl groups excluding tert-OH is 3. The van der Waals surface area contributed by atoms with Crippen molar-refractivity contribution in [1.29, 1.82) is 0 Å². The minimum atomic E-state index is -1.35. The Balaban J connectivity index is 4.37. The van der Waals surface area contributed by atoms with Crippen LogP contribution in [0.3, 0.4) is 0 Å². The first-order valence-corrected chi connectivity index (χ1v) is 4.41. The molecule has 0 bridgehead atoms. The molecule has 2 amide bonds. The zero-order chi connectivity index (χ0) is 11.2. The SMILES string of the molecule is CCN(C)C(=O)NC(CO)(CO)CO. The lowest BCUT2D eigenvalue weighted by Gasteiger charge is -2.30. The topological polar surface area (TPSA) is 93.0 Å². The van der Waals surface area contributed by atoms with E-state index in [0.717, 1.165) is 0 Å². The maximum atomic E-state index is 11.3. The molecule has 0 atom stereocenters. The molecule has 0 aliphatic rings. The van der Waals surface area contributed by atoms with Gasteiger partial charge in [-0.05, 0) is 6.92 Å². The molecule has 0 aromatic heterocycles. The van der Waals surface area contributed by atoms with Crippen LogP contribution in [0.2, 0.25) is 0 Å². The highest BCUT2D eigenvalue weighted by molar-refractivity contribution is 5.74. The highest BCUT2D eigenvalue weighted by atomic mass is 16.3. The third-order valence-electron chi connectivity index (χ3n) is 2.10. The average molecular weight is 206 g/mol. The number of carbonyl (C=O) groups is 1. The fourth-order valence-corrected chi connectivity index (χ4v) is 0.734. The van der Waals surface area contributed by atoms with Gasteiger partial charge in [0.1, 0.15) is 5.54 Å². The van der Waals surface area contributed by atoms with E-state index >= 15 is 0 Å². The maximum absolute atomic E-state index is 11.3. The van der Waals surface area contributed by atoms with Crippen LogP contribution in [0.1, 0.15) is 6.92 Å². The summed E-state index contributed by atoms with van der Waals surface area (Å²) in [5, 5.41) is 29.1. The number of aliphatic hydroxyl groups is 3. The molecule has 84 valence electrons. The van der Waals surface area contributed by atoms with Gasteiger partial charge in [0.2, 0.25) is 0 Å². The van der Waals surface area contributed by atoms with Crippen molar-refractivity contribution in [1.82, 2.24) is 10.2 Å². The second-order valence-corrected chi connectivity index (χ2v) is 3.20. The molecule has 0 heterocycles. The van der Waals surface area contributed by atoms with Crippen molar-refractivity contribution in [2.24, 2.45) is 0 Å². The fraction of sp³-hybridized carbons (Fsp3) is 0.875. The van der Waals surface area contributed by atoms with Crippen molar-refractivity contribution < 1.29 is 20.1 Å². The average Bonchev–Trinajstić information content (AvgIpc) is 2.24. The van der Waals surface area contributed by atoms with E-state index in [0.29, 0.717) is 6.54 Å². The first kappa shape index (κ1) is 13.2. The fourth-order valence-electron chi connectivity index (χ4n) is 0.734. The molecule has 0 fully saturated rings. The molecule has 0 aromatic rings. The molecule has 0 unspecified atom stereocenters. The summed E-state index contributed by atoms with van der Waals surface area (Å²) in [5.74, 6) is 0. The van der Waals surface area contributed by atoms with Crippen LogP contribution in [0.4, 0.5) is 4.79 Å². The Morgan fingerprint density at radius 2 is 1.71 bits per heavy atom. The van der Waals surface area contributed by atoms with Crippen molar-refractivity contribution in [3.63, 3.8) is 0 Å². The van der Waals surface area contributed by atoms with Crippen molar-refractivity contribution >= 4 is 6.03 Å². The van der Waals surface area contributed by atoms with Crippen LogP contribution in [0, 0.1) is 0 Å². The van der Waals surface area contributed by atoms with Crippen LogP contribution >= 0.6 is 0 Å². The number of urea groups is 1. The van der Waals surface area contributed by atoms with Gasteiger partial charge in [0.15, 0.2) is 0 Å². The summed E-state index contributed by atoms with van der Waals surface area (Å²) < 4.78 is 0. The molecular weight excluding hydrogens is 188 g/mol. The Bertz CT molecular complexity index is 174. The lowest BCUT2D eigenvalue weighted by Crippen LogP contribution is -2.59. The van der Waals surface area contributed by atoms with Crippen molar-refractivity contribution in [3.8, 4) is 0 Å². The molecule has 0 radical (unpaired) electrons. The van der Waals surface area contributed by atoms with Crippen LogP contribution in [0.5, 0.6) is 0 Å². The Morgan fingerprint density at radius 1 is 1.29 bits per heavy atom. The van der Waals surface area contributed by atoms with Crippen LogP contribution in [-0.2, 0) is 0 Å². The van der Waals surface area contributed by atoms with E-state index in [4.69, 9.17) is 15.3 Å². The van der Waals surface area contributed by atoms with Gasteiger partial charge >= 0.3 is 6.03 Å². The van der Waals surface area contributed by atoms with Crippen LogP contribution in [0.25, 0.3) is 0 Å². The first-order chi connectivity index (χ1) is 6.55. The second-order valence-electron chi connectivity index (χ2n) is 3.20. The van der Waals surface area contributed by atoms with Gasteiger partial charge in [-0.15, -0.1) is 0 Å². The third-order valence-corrected chi connectivity index (χ3v) is 2.10. The minimum Gasteiger partial charge on any atom is -0.394 e. The number of amides is 2. The smallest absolute Gasteiger partial charge is 0.317 e. The monoisotopic (exact) mass is 206 g/mol. The zero-order valence-electron chi connectivity index (χ0n) is 8.53. The van der Waals surface area contributed by atoms with Gasteiger partial charge in [-0.2, -0.15) is 0 Å². The predicted molar refractivity (Wildman–Crippen MR) is 50.8 cm³/mol. The molecule has 0 spiro atoms. The zero-order valence-corrected chi connectivity index (χ0v) is 8.53. The van der Waals surface area contributed by atoms with E-state index in [1.54, 1.807) is 14.0 Å². The standard InChI is InChI=1S/C8H18N2O4/c1-3-10(2)7(14)9-8(4-11,5-12)6-13/h11-13H,3-6H2,1-2H3,(H,9,14). The van der Waals surface area contributed by atoms with Gasteiger partial charge in [0, 0.05) is 13.6 Å². The van der Waals surface area contributed by atoms with Gasteiger partial charge in [-0.1, -0.05) is 0 Å². The van der Waals surface area contributed by atoms with Gasteiger partial charge in [-0.3, -0.25) is 0 Å². The highest BCUT2D eigenvalue weighted by Crippen LogP contribution is 2.02. The van der Waals surface area contributed by atoms with E-state index in [-0.39, 0.29) is 0 Å². The van der Waals surface area contributed by atoms with Crippen molar-refractivity contribution in [2.75, 3.05) is 33.4 Å². The summed E-state index contributed by atoms with van der Waals surface area (Å²) in [6, 6.07) is -0.440. The quantitative estimate of drug-likeness (QED) is 0.434. The molecule has 0 rings (SSSR count). The van der Waals surface area contributed by atoms with Crippen LogP contribution in [-0.4, -0.2) is 65.2 Å².